The molecule has 1 aromatic rings. The van der Waals surface area contributed by atoms with Crippen LogP contribution in [0, 0.1) is 30.6 Å². The van der Waals surface area contributed by atoms with Gasteiger partial charge >= 0.3 is 39.0 Å². The molecule has 0 aliphatic heterocycles. The molecule has 0 N–H and O–H groups in total. The van der Waals surface area contributed by atoms with Crippen LogP contribution in [-0.4, -0.2) is 118 Å². The van der Waals surface area contributed by atoms with Crippen molar-refractivity contribution in [2.24, 2.45) is 0 Å². The number of phosphoric acid groups is 1. The predicted molar refractivity (Wildman–Crippen MR) is 130 cm³/mol. The zero-order valence-corrected chi connectivity index (χ0v) is 30.2. The average Bonchev–Trinajstić information content (AvgIpc) is 3.17. The van der Waals surface area contributed by atoms with Gasteiger partial charge in [-0.3, -0.25) is 9.46 Å². The van der Waals surface area contributed by atoms with Crippen molar-refractivity contribution in [2.75, 3.05) is 82.7 Å². The third-order valence-corrected chi connectivity index (χ3v) is 4.70. The molecule has 214 valence electrons. The van der Waals surface area contributed by atoms with Crippen LogP contribution in [0.25, 0.3) is 0 Å². The van der Waals surface area contributed by atoms with Crippen molar-refractivity contribution >= 4 is 7.82 Å². The molecule has 0 fully saturated rings. The summed E-state index contributed by atoms with van der Waals surface area (Å²) in [6.45, 7) is 5.93. The second-order valence-electron chi connectivity index (χ2n) is 7.67. The molecule has 0 saturated carbocycles. The maximum Gasteiger partial charge on any atom is 2.00 e. The molecule has 18 nitrogen and oxygen atoms in total. The Bertz CT molecular complexity index is 702. The van der Waals surface area contributed by atoms with Gasteiger partial charge < -0.3 is 69.5 Å². The SMILES string of the molecule is CN(C)CCN(C)Cc1cc(CN(C)CCN(C)C)[n-]n1.COP(=O)([O-])OC.O=[N+]([O-])[O-].O=[N+]([O-])[O-].[Zn+2].[Zn+2]. The number of aromatic nitrogens is 2. The summed E-state index contributed by atoms with van der Waals surface area (Å²) in [5.41, 5.74) is 2.12. The molecule has 0 aliphatic carbocycles. The molecule has 0 aliphatic rings. The van der Waals surface area contributed by atoms with E-state index in [0.717, 1.165) is 64.9 Å². The molecule has 0 radical (unpaired) electrons. The molecule has 1 rings (SSSR count). The predicted octanol–water partition coefficient (Wildman–Crippen LogP) is -0.710. The monoisotopic (exact) mass is 672 g/mol. The summed E-state index contributed by atoms with van der Waals surface area (Å²) in [7, 11) is 10.8. The van der Waals surface area contributed by atoms with Crippen LogP contribution in [0.5, 0.6) is 0 Å². The molecule has 21 heteroatoms. The van der Waals surface area contributed by atoms with E-state index in [1.807, 2.05) is 0 Å². The van der Waals surface area contributed by atoms with Crippen molar-refractivity contribution < 1.29 is 67.6 Å². The van der Waals surface area contributed by atoms with Gasteiger partial charge in [0.15, 0.2) is 0 Å². The fraction of sp³-hybridized carbons (Fsp3) is 0.824. The molecule has 38 heavy (non-hydrogen) atoms. The molecule has 1 heterocycles. The Hall–Kier alpha value is -1.19. The number of hydrogen-bond acceptors (Lipinski definition) is 15. The zero-order chi connectivity index (χ0) is 28.9. The van der Waals surface area contributed by atoms with E-state index in [2.05, 4.69) is 87.2 Å². The van der Waals surface area contributed by atoms with E-state index in [-0.39, 0.29) is 39.0 Å². The van der Waals surface area contributed by atoms with Gasteiger partial charge in [0, 0.05) is 59.2 Å². The van der Waals surface area contributed by atoms with Crippen LogP contribution in [0.15, 0.2) is 6.07 Å². The molecule has 0 atom stereocenters. The molecule has 0 spiro atoms. The van der Waals surface area contributed by atoms with Crippen LogP contribution >= 0.6 is 7.82 Å². The van der Waals surface area contributed by atoms with Crippen molar-refractivity contribution in [1.29, 1.82) is 0 Å². The van der Waals surface area contributed by atoms with E-state index < -0.39 is 18.0 Å². The van der Waals surface area contributed by atoms with Crippen molar-refractivity contribution in [1.82, 2.24) is 29.8 Å². The van der Waals surface area contributed by atoms with Gasteiger partial charge in [-0.05, 0) is 42.3 Å². The van der Waals surface area contributed by atoms with Gasteiger partial charge in [0.1, 0.15) is 0 Å². The quantitative estimate of drug-likeness (QED) is 0.115. The summed E-state index contributed by atoms with van der Waals surface area (Å²) < 4.78 is 17.7. The third kappa shape index (κ3) is 39.3. The molecular weight excluding hydrogens is 638 g/mol. The summed E-state index contributed by atoms with van der Waals surface area (Å²) in [5.74, 6) is 0. The topological polar surface area (TPSA) is 231 Å². The number of hydrogen-bond donors (Lipinski definition) is 0. The molecule has 0 bridgehead atoms. The van der Waals surface area contributed by atoms with E-state index in [0.29, 0.717) is 0 Å². The second-order valence-corrected chi connectivity index (χ2v) is 9.29. The fourth-order valence-corrected chi connectivity index (χ4v) is 2.21. The van der Waals surface area contributed by atoms with E-state index >= 15 is 0 Å². The number of rotatable bonds is 12. The van der Waals surface area contributed by atoms with Crippen LogP contribution < -0.4 is 9.99 Å². The summed E-state index contributed by atoms with van der Waals surface area (Å²) in [5, 5.41) is 38.1. The normalized spacial score (nSPS) is 10.2. The van der Waals surface area contributed by atoms with E-state index in [4.69, 9.17) is 30.6 Å². The largest absolute Gasteiger partial charge is 2.00 e. The van der Waals surface area contributed by atoms with E-state index in [1.54, 1.807) is 0 Å². The smallest absolute Gasteiger partial charge is 0.756 e. The number of nitrogens with zero attached hydrogens (tertiary/aromatic N) is 8. The maximum absolute atomic E-state index is 9.95. The maximum atomic E-state index is 9.95. The minimum absolute atomic E-state index is 0. The van der Waals surface area contributed by atoms with Crippen LogP contribution in [0.4, 0.5) is 0 Å². The Morgan fingerprint density at radius 1 is 0.816 bits per heavy atom. The van der Waals surface area contributed by atoms with Crippen LogP contribution in [0.3, 0.4) is 0 Å². The minimum Gasteiger partial charge on any atom is -0.756 e. The Labute approximate surface area is 248 Å². The third-order valence-electron chi connectivity index (χ3n) is 3.81. The van der Waals surface area contributed by atoms with Crippen LogP contribution in [0.1, 0.15) is 11.4 Å². The molecular formula is C17H37N8O10PZn2. The minimum atomic E-state index is -3.90. The van der Waals surface area contributed by atoms with Crippen molar-refractivity contribution in [3.63, 3.8) is 0 Å². The molecule has 0 amide bonds. The Morgan fingerprint density at radius 2 is 1.16 bits per heavy atom. The van der Waals surface area contributed by atoms with Crippen LogP contribution in [0.2, 0.25) is 0 Å². The van der Waals surface area contributed by atoms with Crippen molar-refractivity contribution in [3.8, 4) is 0 Å². The molecule has 0 aromatic carbocycles. The van der Waals surface area contributed by atoms with Crippen molar-refractivity contribution in [3.05, 3.63) is 48.1 Å². The van der Waals surface area contributed by atoms with E-state index in [9.17, 15) is 9.46 Å². The van der Waals surface area contributed by atoms with Gasteiger partial charge in [-0.2, -0.15) is 0 Å². The van der Waals surface area contributed by atoms with Gasteiger partial charge in [-0.15, -0.1) is 5.69 Å². The second kappa shape index (κ2) is 27.4. The first kappa shape index (κ1) is 46.6. The summed E-state index contributed by atoms with van der Waals surface area (Å²) in [4.78, 5) is 35.4. The molecule has 0 saturated heterocycles. The first-order valence-electron chi connectivity index (χ1n) is 10.2. The van der Waals surface area contributed by atoms with Gasteiger partial charge in [0.2, 0.25) is 0 Å². The fourth-order valence-electron chi connectivity index (χ4n) is 2.06. The van der Waals surface area contributed by atoms with Gasteiger partial charge in [0.05, 0.1) is 10.2 Å². The average molecular weight is 675 g/mol. The summed E-state index contributed by atoms with van der Waals surface area (Å²) in [6.07, 6.45) is 0. The van der Waals surface area contributed by atoms with Crippen molar-refractivity contribution in [2.45, 2.75) is 13.1 Å². The van der Waals surface area contributed by atoms with Crippen LogP contribution in [-0.2, 0) is 65.7 Å². The Balaban J connectivity index is -0.000000177. The van der Waals surface area contributed by atoms with Gasteiger partial charge in [0.25, 0.3) is 7.82 Å². The Morgan fingerprint density at radius 3 is 1.45 bits per heavy atom. The van der Waals surface area contributed by atoms with E-state index in [1.165, 1.54) is 0 Å². The summed E-state index contributed by atoms with van der Waals surface area (Å²) in [6, 6.07) is 2.12. The molecule has 0 unspecified atom stereocenters. The zero-order valence-electron chi connectivity index (χ0n) is 23.3. The first-order valence-corrected chi connectivity index (χ1v) is 11.6. The van der Waals surface area contributed by atoms with Gasteiger partial charge in [-0.1, -0.05) is 6.07 Å². The molecule has 1 aromatic heterocycles. The number of phosphoric ester groups is 1. The van der Waals surface area contributed by atoms with Gasteiger partial charge in [-0.25, -0.2) is 0 Å². The summed E-state index contributed by atoms with van der Waals surface area (Å²) >= 11 is 0. The first-order chi connectivity index (χ1) is 16.4. The Kier molecular flexibility index (Phi) is 33.6. The number of likely N-dealkylation sites (N-methyl/N-ethyl adjacent to an activating group) is 4. The standard InChI is InChI=1S/C15H31N6.C2H7O4P.2NO3.2Zn/c1-18(2)7-9-20(5)12-14-11-15(17-16-14)13-21(6)10-8-19(3)4;1-5-7(3,4)6-2;2*2-1(3)4;;/h11H,7-10,12-13H2,1-6H3;1-2H3,(H,3,4);;;;/q-1;;2*-1;2*+2/p-1.